The molecule has 0 bridgehead atoms. The van der Waals surface area contributed by atoms with Crippen LogP contribution in [0.2, 0.25) is 0 Å². The molecular formula is C15H14BrNO3S. The topological polar surface area (TPSA) is 63.2 Å². The second-order valence-corrected chi connectivity index (χ2v) is 7.64. The first-order chi connectivity index (χ1) is 9.77. The van der Waals surface area contributed by atoms with Crippen LogP contribution < -0.4 is 5.32 Å². The molecule has 2 aromatic rings. The van der Waals surface area contributed by atoms with Gasteiger partial charge in [-0.2, -0.15) is 0 Å². The predicted octanol–water partition coefficient (Wildman–Crippen LogP) is 3.41. The zero-order chi connectivity index (χ0) is 15.6. The maximum absolute atomic E-state index is 12.2. The summed E-state index contributed by atoms with van der Waals surface area (Å²) in [5, 5.41) is 2.78. The van der Waals surface area contributed by atoms with Crippen LogP contribution in [0.1, 0.15) is 15.9 Å². The number of carbonyl (C=O) groups is 1. The van der Waals surface area contributed by atoms with Gasteiger partial charge in [0.1, 0.15) is 0 Å². The number of hydrogen-bond acceptors (Lipinski definition) is 3. The molecule has 6 heteroatoms. The van der Waals surface area contributed by atoms with E-state index in [2.05, 4.69) is 21.2 Å². The predicted molar refractivity (Wildman–Crippen MR) is 86.4 cm³/mol. The Balaban J connectivity index is 2.29. The summed E-state index contributed by atoms with van der Waals surface area (Å²) in [6, 6.07) is 11.5. The van der Waals surface area contributed by atoms with Crippen molar-refractivity contribution in [3.05, 3.63) is 58.1 Å². The molecule has 0 saturated carbocycles. The molecule has 0 atom stereocenters. The first kappa shape index (κ1) is 15.7. The molecule has 4 nitrogen and oxygen atoms in total. The summed E-state index contributed by atoms with van der Waals surface area (Å²) in [4.78, 5) is 12.3. The Hall–Kier alpha value is -1.66. The minimum Gasteiger partial charge on any atom is -0.322 e. The van der Waals surface area contributed by atoms with Gasteiger partial charge in [0.25, 0.3) is 5.91 Å². The van der Waals surface area contributed by atoms with Gasteiger partial charge in [0.15, 0.2) is 9.84 Å². The SMILES string of the molecule is Cc1cc(Br)ccc1NC(=O)c1cccc(S(C)(=O)=O)c1. The van der Waals surface area contributed by atoms with Crippen molar-refractivity contribution in [2.24, 2.45) is 0 Å². The minimum atomic E-state index is -3.33. The number of sulfone groups is 1. The highest BCUT2D eigenvalue weighted by Gasteiger charge is 2.12. The van der Waals surface area contributed by atoms with Crippen molar-refractivity contribution in [3.8, 4) is 0 Å². The van der Waals surface area contributed by atoms with E-state index in [0.717, 1.165) is 16.3 Å². The number of aryl methyl sites for hydroxylation is 1. The standard InChI is InChI=1S/C15H14BrNO3S/c1-10-8-12(16)6-7-14(10)17-15(18)11-4-3-5-13(9-11)21(2,19)20/h3-9H,1-2H3,(H,17,18). The van der Waals surface area contributed by atoms with E-state index in [1.165, 1.54) is 12.1 Å². The molecule has 0 aliphatic carbocycles. The van der Waals surface area contributed by atoms with Gasteiger partial charge in [-0.3, -0.25) is 4.79 Å². The Bertz CT molecular complexity index is 800. The summed E-state index contributed by atoms with van der Waals surface area (Å²) >= 11 is 3.36. The lowest BCUT2D eigenvalue weighted by atomic mass is 10.1. The number of benzene rings is 2. The third-order valence-corrected chi connectivity index (χ3v) is 4.56. The molecule has 2 aromatic carbocycles. The van der Waals surface area contributed by atoms with Gasteiger partial charge < -0.3 is 5.32 Å². The Labute approximate surface area is 132 Å². The largest absolute Gasteiger partial charge is 0.322 e. The fourth-order valence-electron chi connectivity index (χ4n) is 1.83. The van der Waals surface area contributed by atoms with E-state index in [1.54, 1.807) is 18.2 Å². The maximum atomic E-state index is 12.2. The molecule has 0 heterocycles. The fourth-order valence-corrected chi connectivity index (χ4v) is 2.97. The Kier molecular flexibility index (Phi) is 4.49. The number of carbonyl (C=O) groups excluding carboxylic acids is 1. The van der Waals surface area contributed by atoms with Crippen LogP contribution in [0.15, 0.2) is 51.8 Å². The summed E-state index contributed by atoms with van der Waals surface area (Å²) < 4.78 is 24.0. The van der Waals surface area contributed by atoms with Gasteiger partial charge in [0.2, 0.25) is 0 Å². The first-order valence-electron chi connectivity index (χ1n) is 6.15. The van der Waals surface area contributed by atoms with Crippen LogP contribution in [0.25, 0.3) is 0 Å². The van der Waals surface area contributed by atoms with Crippen LogP contribution in [0.4, 0.5) is 5.69 Å². The number of rotatable bonds is 3. The summed E-state index contributed by atoms with van der Waals surface area (Å²) in [5.41, 5.74) is 1.91. The van der Waals surface area contributed by atoms with Gasteiger partial charge in [-0.25, -0.2) is 8.42 Å². The fraction of sp³-hybridized carbons (Fsp3) is 0.133. The van der Waals surface area contributed by atoms with Crippen molar-refractivity contribution in [1.29, 1.82) is 0 Å². The molecule has 0 aliphatic heterocycles. The molecule has 0 radical (unpaired) electrons. The number of hydrogen-bond donors (Lipinski definition) is 1. The van der Waals surface area contributed by atoms with Gasteiger partial charge in [-0.1, -0.05) is 22.0 Å². The molecule has 0 aliphatic rings. The van der Waals surface area contributed by atoms with Crippen LogP contribution in [-0.2, 0) is 9.84 Å². The number of halogens is 1. The maximum Gasteiger partial charge on any atom is 0.255 e. The summed E-state index contributed by atoms with van der Waals surface area (Å²) in [5.74, 6) is -0.342. The number of nitrogens with one attached hydrogen (secondary N) is 1. The van der Waals surface area contributed by atoms with Gasteiger partial charge >= 0.3 is 0 Å². The van der Waals surface area contributed by atoms with E-state index in [1.807, 2.05) is 19.1 Å². The van der Waals surface area contributed by atoms with E-state index < -0.39 is 9.84 Å². The Morgan fingerprint density at radius 1 is 1.14 bits per heavy atom. The highest BCUT2D eigenvalue weighted by molar-refractivity contribution is 9.10. The van der Waals surface area contributed by atoms with E-state index in [9.17, 15) is 13.2 Å². The zero-order valence-electron chi connectivity index (χ0n) is 11.6. The summed E-state index contributed by atoms with van der Waals surface area (Å²) in [6.07, 6.45) is 1.11. The van der Waals surface area contributed by atoms with Crippen LogP contribution in [0, 0.1) is 6.92 Å². The molecule has 21 heavy (non-hydrogen) atoms. The van der Waals surface area contributed by atoms with Gasteiger partial charge in [-0.05, 0) is 48.9 Å². The average molecular weight is 368 g/mol. The van der Waals surface area contributed by atoms with E-state index in [0.29, 0.717) is 11.3 Å². The second-order valence-electron chi connectivity index (χ2n) is 4.71. The molecule has 1 amide bonds. The van der Waals surface area contributed by atoms with Crippen molar-refractivity contribution >= 4 is 37.4 Å². The van der Waals surface area contributed by atoms with Crippen molar-refractivity contribution in [3.63, 3.8) is 0 Å². The Morgan fingerprint density at radius 3 is 2.48 bits per heavy atom. The van der Waals surface area contributed by atoms with Gasteiger partial charge in [-0.15, -0.1) is 0 Å². The number of amides is 1. The van der Waals surface area contributed by atoms with Crippen molar-refractivity contribution < 1.29 is 13.2 Å². The minimum absolute atomic E-state index is 0.127. The highest BCUT2D eigenvalue weighted by Crippen LogP contribution is 2.21. The van der Waals surface area contributed by atoms with Crippen molar-refractivity contribution in [2.75, 3.05) is 11.6 Å². The Morgan fingerprint density at radius 2 is 1.86 bits per heavy atom. The van der Waals surface area contributed by atoms with Gasteiger partial charge in [0, 0.05) is 22.0 Å². The third kappa shape index (κ3) is 3.92. The smallest absolute Gasteiger partial charge is 0.255 e. The molecule has 0 spiro atoms. The van der Waals surface area contributed by atoms with Crippen LogP contribution in [0.5, 0.6) is 0 Å². The van der Waals surface area contributed by atoms with E-state index in [-0.39, 0.29) is 10.8 Å². The van der Waals surface area contributed by atoms with Crippen LogP contribution in [-0.4, -0.2) is 20.6 Å². The monoisotopic (exact) mass is 367 g/mol. The molecule has 0 aromatic heterocycles. The lowest BCUT2D eigenvalue weighted by Gasteiger charge is -2.09. The molecule has 110 valence electrons. The molecule has 1 N–H and O–H groups in total. The second kappa shape index (κ2) is 5.99. The lowest BCUT2D eigenvalue weighted by molar-refractivity contribution is 0.102. The summed E-state index contributed by atoms with van der Waals surface area (Å²) in [7, 11) is -3.33. The summed E-state index contributed by atoms with van der Waals surface area (Å²) in [6.45, 7) is 1.88. The molecular weight excluding hydrogens is 354 g/mol. The third-order valence-electron chi connectivity index (χ3n) is 2.96. The molecule has 0 saturated heterocycles. The van der Waals surface area contributed by atoms with Crippen LogP contribution in [0.3, 0.4) is 0 Å². The molecule has 0 fully saturated rings. The van der Waals surface area contributed by atoms with E-state index in [4.69, 9.17) is 0 Å². The average Bonchev–Trinajstić information content (AvgIpc) is 2.41. The van der Waals surface area contributed by atoms with Crippen molar-refractivity contribution in [1.82, 2.24) is 0 Å². The zero-order valence-corrected chi connectivity index (χ0v) is 14.0. The van der Waals surface area contributed by atoms with E-state index >= 15 is 0 Å². The van der Waals surface area contributed by atoms with Gasteiger partial charge in [0.05, 0.1) is 4.90 Å². The molecule has 2 rings (SSSR count). The lowest BCUT2D eigenvalue weighted by Crippen LogP contribution is -2.13. The van der Waals surface area contributed by atoms with Crippen molar-refractivity contribution in [2.45, 2.75) is 11.8 Å². The molecule has 0 unspecified atom stereocenters. The van der Waals surface area contributed by atoms with Crippen LogP contribution >= 0.6 is 15.9 Å². The normalized spacial score (nSPS) is 11.2. The number of anilines is 1. The quantitative estimate of drug-likeness (QED) is 0.903. The first-order valence-corrected chi connectivity index (χ1v) is 8.83. The highest BCUT2D eigenvalue weighted by atomic mass is 79.9.